The number of aryl methyl sites for hydroxylation is 1. The first-order valence-electron chi connectivity index (χ1n) is 8.62. The highest BCUT2D eigenvalue weighted by Crippen LogP contribution is 2.23. The molecule has 26 heavy (non-hydrogen) atoms. The quantitative estimate of drug-likeness (QED) is 0.734. The summed E-state index contributed by atoms with van der Waals surface area (Å²) < 4.78 is 11.8. The number of nitrogens with one attached hydrogen (secondary N) is 1. The number of carbonyl (C=O) groups excluding carboxylic acids is 2. The number of amides is 2. The Morgan fingerprint density at radius 2 is 2.31 bits per heavy atom. The minimum atomic E-state index is -0.290. The van der Waals surface area contributed by atoms with Crippen molar-refractivity contribution >= 4 is 11.8 Å². The van der Waals surface area contributed by atoms with Crippen molar-refractivity contribution in [3.05, 3.63) is 35.5 Å². The van der Waals surface area contributed by atoms with Crippen molar-refractivity contribution in [1.29, 1.82) is 0 Å². The van der Waals surface area contributed by atoms with Crippen LogP contribution in [-0.2, 0) is 11.3 Å². The molecule has 9 nitrogen and oxygen atoms in total. The van der Waals surface area contributed by atoms with Crippen LogP contribution in [0.15, 0.2) is 22.9 Å². The van der Waals surface area contributed by atoms with E-state index >= 15 is 0 Å². The average Bonchev–Trinajstić information content (AvgIpc) is 3.36. The van der Waals surface area contributed by atoms with Gasteiger partial charge in [0, 0.05) is 20.2 Å². The predicted octanol–water partition coefficient (Wildman–Crippen LogP) is 0.861. The average molecular weight is 361 g/mol. The Balaban J connectivity index is 1.62. The molecule has 1 atom stereocenters. The fraction of sp³-hybridized carbons (Fsp3) is 0.529. The zero-order valence-corrected chi connectivity index (χ0v) is 15.0. The number of hydrogen-bond donors (Lipinski definition) is 1. The number of ether oxygens (including phenoxy) is 1. The van der Waals surface area contributed by atoms with Gasteiger partial charge >= 0.3 is 0 Å². The highest BCUT2D eigenvalue weighted by atomic mass is 16.5. The second-order valence-electron chi connectivity index (χ2n) is 6.26. The molecular formula is C17H23N5O4. The van der Waals surface area contributed by atoms with Crippen molar-refractivity contribution in [2.45, 2.75) is 32.4 Å². The Hall–Kier alpha value is -2.68. The summed E-state index contributed by atoms with van der Waals surface area (Å²) in [5.41, 5.74) is 0.844. The van der Waals surface area contributed by atoms with E-state index < -0.39 is 0 Å². The summed E-state index contributed by atoms with van der Waals surface area (Å²) in [6, 6.07) is 1.72. The minimum Gasteiger partial charge on any atom is -0.469 e. The zero-order valence-electron chi connectivity index (χ0n) is 15.0. The van der Waals surface area contributed by atoms with E-state index in [1.807, 2.05) is 4.90 Å². The van der Waals surface area contributed by atoms with Crippen molar-refractivity contribution in [1.82, 2.24) is 25.2 Å². The molecule has 1 N–H and O–H groups in total. The smallest absolute Gasteiger partial charge is 0.273 e. The first-order valence-corrected chi connectivity index (χ1v) is 8.62. The van der Waals surface area contributed by atoms with E-state index in [-0.39, 0.29) is 23.6 Å². The van der Waals surface area contributed by atoms with E-state index in [0.29, 0.717) is 37.6 Å². The van der Waals surface area contributed by atoms with E-state index in [0.717, 1.165) is 12.8 Å². The Bertz CT molecular complexity index is 769. The third-order valence-electron chi connectivity index (χ3n) is 4.49. The Morgan fingerprint density at radius 3 is 3.04 bits per heavy atom. The van der Waals surface area contributed by atoms with Crippen molar-refractivity contribution in [3.8, 4) is 0 Å². The fourth-order valence-corrected chi connectivity index (χ4v) is 3.12. The van der Waals surface area contributed by atoms with Crippen LogP contribution < -0.4 is 5.32 Å². The maximum absolute atomic E-state index is 12.7. The molecule has 0 spiro atoms. The summed E-state index contributed by atoms with van der Waals surface area (Å²) in [6.45, 7) is 3.84. The molecule has 1 saturated heterocycles. The largest absolute Gasteiger partial charge is 0.469 e. The lowest BCUT2D eigenvalue weighted by Gasteiger charge is -2.24. The van der Waals surface area contributed by atoms with Crippen LogP contribution in [-0.4, -0.2) is 64.6 Å². The highest BCUT2D eigenvalue weighted by Gasteiger charge is 2.31. The number of methoxy groups -OCH3 is 1. The number of furan rings is 1. The van der Waals surface area contributed by atoms with Gasteiger partial charge in [-0.05, 0) is 25.8 Å². The molecule has 2 amide bonds. The topological polar surface area (TPSA) is 102 Å². The molecule has 1 aliphatic heterocycles. The molecule has 0 aliphatic carbocycles. The van der Waals surface area contributed by atoms with Crippen LogP contribution in [0.4, 0.5) is 0 Å². The standard InChI is InChI=1S/C17H23N5O4/c1-12-14(5-8-26-12)17(24)22-7-3-4-13(22)10-21-11-15(19-20-21)16(23)18-6-9-25-2/h5,8,11,13H,3-4,6-7,9-10H2,1-2H3,(H,18,23)/t13-/m0/s1. The van der Waals surface area contributed by atoms with Gasteiger partial charge in [-0.25, -0.2) is 4.68 Å². The summed E-state index contributed by atoms with van der Waals surface area (Å²) in [5.74, 6) is 0.300. The van der Waals surface area contributed by atoms with Crippen LogP contribution >= 0.6 is 0 Å². The number of rotatable bonds is 7. The first kappa shape index (κ1) is 18.1. The Kier molecular flexibility index (Phi) is 5.67. The minimum absolute atomic E-state index is 0.0166. The highest BCUT2D eigenvalue weighted by molar-refractivity contribution is 5.95. The molecule has 0 unspecified atom stereocenters. The third-order valence-corrected chi connectivity index (χ3v) is 4.49. The molecule has 2 aromatic rings. The van der Waals surface area contributed by atoms with Crippen molar-refractivity contribution in [2.75, 3.05) is 26.8 Å². The molecule has 1 aliphatic rings. The number of carbonyl (C=O) groups is 2. The maximum Gasteiger partial charge on any atom is 0.273 e. The molecule has 3 rings (SSSR count). The predicted molar refractivity (Wildman–Crippen MR) is 91.7 cm³/mol. The summed E-state index contributed by atoms with van der Waals surface area (Å²) in [4.78, 5) is 26.6. The van der Waals surface area contributed by atoms with Gasteiger partial charge in [0.05, 0.1) is 37.2 Å². The van der Waals surface area contributed by atoms with E-state index in [2.05, 4.69) is 15.6 Å². The van der Waals surface area contributed by atoms with Gasteiger partial charge in [-0.3, -0.25) is 9.59 Å². The van der Waals surface area contributed by atoms with Crippen LogP contribution in [0.3, 0.4) is 0 Å². The lowest BCUT2D eigenvalue weighted by atomic mass is 10.2. The van der Waals surface area contributed by atoms with Crippen LogP contribution in [0.5, 0.6) is 0 Å². The number of nitrogens with zero attached hydrogens (tertiary/aromatic N) is 4. The molecule has 140 valence electrons. The van der Waals surface area contributed by atoms with Crippen LogP contribution in [0.2, 0.25) is 0 Å². The molecule has 3 heterocycles. The second kappa shape index (κ2) is 8.13. The molecule has 0 bridgehead atoms. The first-order chi connectivity index (χ1) is 12.6. The van der Waals surface area contributed by atoms with Gasteiger partial charge in [0.2, 0.25) is 0 Å². The van der Waals surface area contributed by atoms with Gasteiger partial charge < -0.3 is 19.4 Å². The Labute approximate surface area is 151 Å². The van der Waals surface area contributed by atoms with Gasteiger partial charge in [0.15, 0.2) is 5.69 Å². The van der Waals surface area contributed by atoms with Crippen molar-refractivity contribution in [2.24, 2.45) is 0 Å². The fourth-order valence-electron chi connectivity index (χ4n) is 3.12. The van der Waals surface area contributed by atoms with Gasteiger partial charge in [0.1, 0.15) is 5.76 Å². The normalized spacial score (nSPS) is 16.8. The van der Waals surface area contributed by atoms with E-state index in [4.69, 9.17) is 9.15 Å². The number of likely N-dealkylation sites (tertiary alicyclic amines) is 1. The van der Waals surface area contributed by atoms with Crippen molar-refractivity contribution in [3.63, 3.8) is 0 Å². The molecule has 2 aromatic heterocycles. The maximum atomic E-state index is 12.7. The van der Waals surface area contributed by atoms with Gasteiger partial charge in [-0.2, -0.15) is 0 Å². The van der Waals surface area contributed by atoms with Gasteiger partial charge in [-0.1, -0.05) is 5.21 Å². The molecule has 1 fully saturated rings. The SMILES string of the molecule is COCCNC(=O)c1cn(C[C@@H]2CCCN2C(=O)c2ccoc2C)nn1. The molecule has 9 heteroatoms. The molecule has 0 aromatic carbocycles. The molecule has 0 radical (unpaired) electrons. The van der Waals surface area contributed by atoms with E-state index in [9.17, 15) is 9.59 Å². The zero-order chi connectivity index (χ0) is 18.5. The molecule has 0 saturated carbocycles. The second-order valence-corrected chi connectivity index (χ2v) is 6.26. The lowest BCUT2D eigenvalue weighted by Crippen LogP contribution is -2.38. The summed E-state index contributed by atoms with van der Waals surface area (Å²) in [6.07, 6.45) is 4.95. The monoisotopic (exact) mass is 361 g/mol. The van der Waals surface area contributed by atoms with E-state index in [1.54, 1.807) is 31.0 Å². The van der Waals surface area contributed by atoms with Crippen LogP contribution in [0, 0.1) is 6.92 Å². The van der Waals surface area contributed by atoms with Crippen LogP contribution in [0.1, 0.15) is 39.4 Å². The van der Waals surface area contributed by atoms with Crippen LogP contribution in [0.25, 0.3) is 0 Å². The van der Waals surface area contributed by atoms with Crippen molar-refractivity contribution < 1.29 is 18.7 Å². The van der Waals surface area contributed by atoms with Gasteiger partial charge in [0.25, 0.3) is 11.8 Å². The van der Waals surface area contributed by atoms with Gasteiger partial charge in [-0.15, -0.1) is 5.10 Å². The molecular weight excluding hydrogens is 338 g/mol. The number of hydrogen-bond acceptors (Lipinski definition) is 6. The summed E-state index contributed by atoms with van der Waals surface area (Å²) in [5, 5.41) is 10.6. The summed E-state index contributed by atoms with van der Waals surface area (Å²) >= 11 is 0. The summed E-state index contributed by atoms with van der Waals surface area (Å²) in [7, 11) is 1.57. The third kappa shape index (κ3) is 3.93. The lowest BCUT2D eigenvalue weighted by molar-refractivity contribution is 0.0719. The van der Waals surface area contributed by atoms with E-state index in [1.165, 1.54) is 6.26 Å². The Morgan fingerprint density at radius 1 is 1.46 bits per heavy atom. The number of aromatic nitrogens is 3.